The fraction of sp³-hybridized carbons (Fsp3) is 0.600. The molecule has 19 heavy (non-hydrogen) atoms. The van der Waals surface area contributed by atoms with Crippen LogP contribution in [0.15, 0.2) is 18.2 Å². The van der Waals surface area contributed by atoms with E-state index >= 15 is 0 Å². The summed E-state index contributed by atoms with van der Waals surface area (Å²) in [5, 5.41) is 10.7. The van der Waals surface area contributed by atoms with E-state index in [2.05, 4.69) is 6.92 Å². The van der Waals surface area contributed by atoms with Gasteiger partial charge in [-0.05, 0) is 42.9 Å². The molecule has 1 aliphatic carbocycles. The lowest BCUT2D eigenvalue weighted by atomic mass is 9.76. The number of aliphatic hydroxyl groups excluding tert-OH is 1. The Bertz CT molecular complexity index is 454. The van der Waals surface area contributed by atoms with Gasteiger partial charge < -0.3 is 10.8 Å². The molecule has 0 spiro atoms. The van der Waals surface area contributed by atoms with E-state index < -0.39 is 11.9 Å². The van der Waals surface area contributed by atoms with E-state index in [0.29, 0.717) is 18.0 Å². The third kappa shape index (κ3) is 2.78. The lowest BCUT2D eigenvalue weighted by Gasteiger charge is -2.34. The molecule has 1 aliphatic rings. The molecule has 0 radical (unpaired) electrons. The number of benzene rings is 1. The summed E-state index contributed by atoms with van der Waals surface area (Å²) in [6, 6.07) is 4.41. The van der Waals surface area contributed by atoms with Crippen LogP contribution >= 0.6 is 11.6 Å². The minimum atomic E-state index is -0.674. The standard InChI is InChI=1S/C15H21ClFNO/c1-2-10-5-6-15(8-10,9-18)14(19)11-3-4-13(17)12(16)7-11/h3-4,7,10,14,19H,2,5-6,8-9,18H2,1H3. The van der Waals surface area contributed by atoms with Gasteiger partial charge in [-0.25, -0.2) is 4.39 Å². The monoisotopic (exact) mass is 285 g/mol. The van der Waals surface area contributed by atoms with Crippen molar-refractivity contribution in [2.75, 3.05) is 6.54 Å². The van der Waals surface area contributed by atoms with Crippen molar-refractivity contribution >= 4 is 11.6 Å². The number of aliphatic hydroxyl groups is 1. The van der Waals surface area contributed by atoms with Gasteiger partial charge in [0.15, 0.2) is 0 Å². The van der Waals surface area contributed by atoms with Crippen LogP contribution in [0, 0.1) is 17.2 Å². The van der Waals surface area contributed by atoms with E-state index in [-0.39, 0.29) is 10.4 Å². The average molecular weight is 286 g/mol. The van der Waals surface area contributed by atoms with Crippen LogP contribution in [0.5, 0.6) is 0 Å². The van der Waals surface area contributed by atoms with E-state index in [0.717, 1.165) is 25.7 Å². The Morgan fingerprint density at radius 2 is 2.32 bits per heavy atom. The van der Waals surface area contributed by atoms with Gasteiger partial charge in [-0.15, -0.1) is 0 Å². The molecule has 3 unspecified atom stereocenters. The SMILES string of the molecule is CCC1CCC(CN)(C(O)c2ccc(F)c(Cl)c2)C1. The molecule has 1 aromatic carbocycles. The van der Waals surface area contributed by atoms with Gasteiger partial charge in [0.1, 0.15) is 5.82 Å². The zero-order valence-electron chi connectivity index (χ0n) is 11.2. The second kappa shape index (κ2) is 5.78. The Balaban J connectivity index is 2.25. The molecule has 0 aromatic heterocycles. The summed E-state index contributed by atoms with van der Waals surface area (Å²) < 4.78 is 13.2. The maximum Gasteiger partial charge on any atom is 0.141 e. The van der Waals surface area contributed by atoms with Crippen LogP contribution in [0.25, 0.3) is 0 Å². The van der Waals surface area contributed by atoms with Gasteiger partial charge in [0.2, 0.25) is 0 Å². The minimum absolute atomic E-state index is 0.0498. The molecule has 2 rings (SSSR count). The van der Waals surface area contributed by atoms with Crippen molar-refractivity contribution in [2.24, 2.45) is 17.1 Å². The first kappa shape index (κ1) is 14.8. The molecule has 106 valence electrons. The molecule has 1 fully saturated rings. The molecule has 4 heteroatoms. The molecule has 0 amide bonds. The van der Waals surface area contributed by atoms with Crippen LogP contribution in [0.4, 0.5) is 4.39 Å². The first-order valence-corrected chi connectivity index (χ1v) is 7.23. The van der Waals surface area contributed by atoms with Crippen molar-refractivity contribution in [3.05, 3.63) is 34.6 Å². The number of hydrogen-bond acceptors (Lipinski definition) is 2. The number of nitrogens with two attached hydrogens (primary N) is 1. The summed E-state index contributed by atoms with van der Waals surface area (Å²) in [7, 11) is 0. The summed E-state index contributed by atoms with van der Waals surface area (Å²) in [5.74, 6) is 0.159. The first-order valence-electron chi connectivity index (χ1n) is 6.85. The Morgan fingerprint density at radius 1 is 1.58 bits per heavy atom. The maximum atomic E-state index is 13.2. The van der Waals surface area contributed by atoms with E-state index in [1.807, 2.05) is 0 Å². The molecular weight excluding hydrogens is 265 g/mol. The topological polar surface area (TPSA) is 46.2 Å². The molecule has 0 saturated heterocycles. The van der Waals surface area contributed by atoms with Gasteiger partial charge in [-0.2, -0.15) is 0 Å². The fourth-order valence-electron chi connectivity index (χ4n) is 3.20. The van der Waals surface area contributed by atoms with Crippen molar-refractivity contribution in [1.82, 2.24) is 0 Å². The fourth-order valence-corrected chi connectivity index (χ4v) is 3.39. The normalized spacial score (nSPS) is 28.6. The second-order valence-corrected chi connectivity index (χ2v) is 6.07. The predicted octanol–water partition coefficient (Wildman–Crippen LogP) is 3.67. The molecule has 1 saturated carbocycles. The maximum absolute atomic E-state index is 13.2. The lowest BCUT2D eigenvalue weighted by Crippen LogP contribution is -2.34. The molecule has 1 aromatic rings. The summed E-state index contributed by atoms with van der Waals surface area (Å²) in [4.78, 5) is 0. The van der Waals surface area contributed by atoms with E-state index in [4.69, 9.17) is 17.3 Å². The quantitative estimate of drug-likeness (QED) is 0.887. The zero-order valence-corrected chi connectivity index (χ0v) is 12.0. The average Bonchev–Trinajstić information content (AvgIpc) is 2.86. The predicted molar refractivity (Wildman–Crippen MR) is 75.5 cm³/mol. The van der Waals surface area contributed by atoms with Gasteiger partial charge in [0.25, 0.3) is 0 Å². The number of hydrogen-bond donors (Lipinski definition) is 2. The molecule has 0 bridgehead atoms. The molecule has 0 heterocycles. The van der Waals surface area contributed by atoms with Crippen LogP contribution in [0.1, 0.15) is 44.3 Å². The smallest absolute Gasteiger partial charge is 0.141 e. The summed E-state index contributed by atoms with van der Waals surface area (Å²) >= 11 is 5.79. The lowest BCUT2D eigenvalue weighted by molar-refractivity contribution is 0.0301. The number of rotatable bonds is 4. The Kier molecular flexibility index (Phi) is 4.49. The summed E-state index contributed by atoms with van der Waals surface area (Å²) in [6.45, 7) is 2.61. The minimum Gasteiger partial charge on any atom is -0.388 e. The second-order valence-electron chi connectivity index (χ2n) is 5.66. The summed E-state index contributed by atoms with van der Waals surface area (Å²) in [6.07, 6.45) is 3.37. The highest BCUT2D eigenvalue weighted by molar-refractivity contribution is 6.30. The third-order valence-corrected chi connectivity index (χ3v) is 4.86. The highest BCUT2D eigenvalue weighted by atomic mass is 35.5. The van der Waals surface area contributed by atoms with E-state index in [1.54, 1.807) is 6.07 Å². The molecule has 2 nitrogen and oxygen atoms in total. The molecular formula is C15H21ClFNO. The van der Waals surface area contributed by atoms with Crippen molar-refractivity contribution in [3.8, 4) is 0 Å². The first-order chi connectivity index (χ1) is 9.02. The van der Waals surface area contributed by atoms with Gasteiger partial charge in [-0.1, -0.05) is 31.0 Å². The van der Waals surface area contributed by atoms with E-state index in [1.165, 1.54) is 12.1 Å². The van der Waals surface area contributed by atoms with Crippen molar-refractivity contribution in [3.63, 3.8) is 0 Å². The van der Waals surface area contributed by atoms with Crippen LogP contribution in [0.2, 0.25) is 5.02 Å². The largest absolute Gasteiger partial charge is 0.388 e. The van der Waals surface area contributed by atoms with Gasteiger partial charge >= 0.3 is 0 Å². The Labute approximate surface area is 118 Å². The van der Waals surface area contributed by atoms with Gasteiger partial charge in [0, 0.05) is 12.0 Å². The van der Waals surface area contributed by atoms with Crippen molar-refractivity contribution in [1.29, 1.82) is 0 Å². The zero-order chi connectivity index (χ0) is 14.0. The van der Waals surface area contributed by atoms with Crippen LogP contribution < -0.4 is 5.73 Å². The van der Waals surface area contributed by atoms with Crippen LogP contribution in [0.3, 0.4) is 0 Å². The molecule has 0 aliphatic heterocycles. The molecule has 3 N–H and O–H groups in total. The highest BCUT2D eigenvalue weighted by Gasteiger charge is 2.43. The Morgan fingerprint density at radius 3 is 2.84 bits per heavy atom. The molecule has 3 atom stereocenters. The highest BCUT2D eigenvalue weighted by Crippen LogP contribution is 2.50. The van der Waals surface area contributed by atoms with E-state index in [9.17, 15) is 9.50 Å². The third-order valence-electron chi connectivity index (χ3n) is 4.57. The summed E-state index contributed by atoms with van der Waals surface area (Å²) in [5.41, 5.74) is 6.30. The van der Waals surface area contributed by atoms with Crippen molar-refractivity contribution < 1.29 is 9.50 Å². The Hall–Kier alpha value is -0.640. The van der Waals surface area contributed by atoms with Crippen LogP contribution in [-0.2, 0) is 0 Å². The van der Waals surface area contributed by atoms with Crippen LogP contribution in [-0.4, -0.2) is 11.7 Å². The van der Waals surface area contributed by atoms with Gasteiger partial charge in [-0.3, -0.25) is 0 Å². The van der Waals surface area contributed by atoms with Gasteiger partial charge in [0.05, 0.1) is 11.1 Å². The number of halogens is 2. The van der Waals surface area contributed by atoms with Crippen molar-refractivity contribution in [2.45, 2.75) is 38.7 Å².